The van der Waals surface area contributed by atoms with Crippen molar-refractivity contribution in [1.82, 2.24) is 19.9 Å². The van der Waals surface area contributed by atoms with Gasteiger partial charge in [0, 0.05) is 38.1 Å². The number of hydrogen-bond donors (Lipinski definition) is 0. The summed E-state index contributed by atoms with van der Waals surface area (Å²) >= 11 is 1.86. The zero-order chi connectivity index (χ0) is 39.6. The fraction of sp³-hybridized carbons (Fsp3) is 0.0182. The van der Waals surface area contributed by atoms with E-state index in [4.69, 9.17) is 15.0 Å². The molecule has 10 aromatic rings. The lowest BCUT2D eigenvalue weighted by Crippen LogP contribution is -2.31. The van der Waals surface area contributed by atoms with Gasteiger partial charge in [-0.05, 0) is 79.9 Å². The summed E-state index contributed by atoms with van der Waals surface area (Å²) in [6.07, 6.45) is 1.85. The minimum atomic E-state index is -0.581. The summed E-state index contributed by atoms with van der Waals surface area (Å²) in [6, 6.07) is 71.5. The van der Waals surface area contributed by atoms with Crippen LogP contribution in [0.25, 0.3) is 78.4 Å². The number of fused-ring (bicyclic) bond motifs is 10. The number of pyridine rings is 1. The smallest absolute Gasteiger partial charge is 0.164 e. The number of aromatic nitrogens is 4. The maximum Gasteiger partial charge on any atom is 0.164 e. The zero-order valence-corrected chi connectivity index (χ0v) is 33.1. The molecule has 4 nitrogen and oxygen atoms in total. The number of rotatable bonds is 5. The van der Waals surface area contributed by atoms with E-state index < -0.39 is 5.41 Å². The maximum atomic E-state index is 5.31. The molecule has 3 heterocycles. The van der Waals surface area contributed by atoms with Crippen LogP contribution in [0.4, 0.5) is 0 Å². The normalized spacial score (nSPS) is 13.1. The average molecular weight is 783 g/mol. The SMILES string of the molecule is c1ccc(-c2nc(-c3ccccc3)nc(-c3cccc4c3-c3c(-c5ccc(-c6cccc7ncccc67)cc5)cccc3C43c4ccccc4Sc4ccccc43)n2)cc1. The summed E-state index contributed by atoms with van der Waals surface area (Å²) in [6.45, 7) is 0. The van der Waals surface area contributed by atoms with Crippen molar-refractivity contribution in [2.24, 2.45) is 0 Å². The third-order valence-electron chi connectivity index (χ3n) is 12.1. The summed E-state index contributed by atoms with van der Waals surface area (Å²) in [5.41, 5.74) is 15.3. The van der Waals surface area contributed by atoms with Crippen molar-refractivity contribution >= 4 is 22.7 Å². The van der Waals surface area contributed by atoms with Crippen LogP contribution in [-0.4, -0.2) is 19.9 Å². The van der Waals surface area contributed by atoms with Gasteiger partial charge in [0.05, 0.1) is 10.9 Å². The second-order valence-corrected chi connectivity index (χ2v) is 16.4. The minimum Gasteiger partial charge on any atom is -0.256 e. The predicted octanol–water partition coefficient (Wildman–Crippen LogP) is 13.6. The Labute approximate surface area is 352 Å². The molecule has 2 aliphatic rings. The van der Waals surface area contributed by atoms with Crippen LogP contribution in [0.1, 0.15) is 22.3 Å². The molecule has 1 aliphatic carbocycles. The van der Waals surface area contributed by atoms with Gasteiger partial charge < -0.3 is 0 Å². The fourth-order valence-electron chi connectivity index (χ4n) is 9.53. The van der Waals surface area contributed by atoms with Gasteiger partial charge in [0.15, 0.2) is 17.5 Å². The van der Waals surface area contributed by atoms with Gasteiger partial charge in [-0.1, -0.05) is 188 Å². The lowest BCUT2D eigenvalue weighted by atomic mass is 9.67. The molecular formula is C55H34N4S. The van der Waals surface area contributed by atoms with Crippen LogP contribution < -0.4 is 0 Å². The van der Waals surface area contributed by atoms with Crippen molar-refractivity contribution in [2.75, 3.05) is 0 Å². The summed E-state index contributed by atoms with van der Waals surface area (Å²) in [5.74, 6) is 1.92. The second kappa shape index (κ2) is 13.8. The molecule has 1 spiro atoms. The predicted molar refractivity (Wildman–Crippen MR) is 244 cm³/mol. The first-order chi connectivity index (χ1) is 29.8. The highest BCUT2D eigenvalue weighted by atomic mass is 32.2. The van der Waals surface area contributed by atoms with Crippen LogP contribution in [0, 0.1) is 0 Å². The summed E-state index contributed by atoms with van der Waals surface area (Å²) < 4.78 is 0. The molecule has 12 rings (SSSR count). The molecule has 0 radical (unpaired) electrons. The van der Waals surface area contributed by atoms with E-state index in [1.54, 1.807) is 0 Å². The molecule has 0 fully saturated rings. The highest BCUT2D eigenvalue weighted by molar-refractivity contribution is 7.99. The van der Waals surface area contributed by atoms with Gasteiger partial charge in [-0.3, -0.25) is 4.98 Å². The molecule has 2 aromatic heterocycles. The Morgan fingerprint density at radius 2 is 0.817 bits per heavy atom. The van der Waals surface area contributed by atoms with E-state index >= 15 is 0 Å². The molecular weight excluding hydrogens is 749 g/mol. The number of benzene rings is 8. The van der Waals surface area contributed by atoms with Crippen LogP contribution in [0.15, 0.2) is 216 Å². The summed E-state index contributed by atoms with van der Waals surface area (Å²) in [5, 5.41) is 1.14. The van der Waals surface area contributed by atoms with Gasteiger partial charge in [-0.15, -0.1) is 0 Å². The summed E-state index contributed by atoms with van der Waals surface area (Å²) in [4.78, 5) is 22.8. The minimum absolute atomic E-state index is 0.581. The van der Waals surface area contributed by atoms with Gasteiger partial charge in [0.25, 0.3) is 0 Å². The maximum absolute atomic E-state index is 5.31. The lowest BCUT2D eigenvalue weighted by molar-refractivity contribution is 0.722. The van der Waals surface area contributed by atoms with Crippen LogP contribution in [0.2, 0.25) is 0 Å². The van der Waals surface area contributed by atoms with E-state index in [-0.39, 0.29) is 0 Å². The summed E-state index contributed by atoms with van der Waals surface area (Å²) in [7, 11) is 0. The van der Waals surface area contributed by atoms with Gasteiger partial charge in [0.2, 0.25) is 0 Å². The lowest BCUT2D eigenvalue weighted by Gasteiger charge is -2.39. The van der Waals surface area contributed by atoms with Crippen LogP contribution >= 0.6 is 11.8 Å². The topological polar surface area (TPSA) is 51.6 Å². The van der Waals surface area contributed by atoms with Crippen molar-refractivity contribution in [3.63, 3.8) is 0 Å². The Balaban J connectivity index is 1.15. The van der Waals surface area contributed by atoms with Crippen LogP contribution in [0.3, 0.4) is 0 Å². The largest absolute Gasteiger partial charge is 0.256 e. The highest BCUT2D eigenvalue weighted by Crippen LogP contribution is 2.64. The van der Waals surface area contributed by atoms with E-state index in [1.165, 1.54) is 43.2 Å². The quantitative estimate of drug-likeness (QED) is 0.174. The van der Waals surface area contributed by atoms with Gasteiger partial charge in [0.1, 0.15) is 0 Å². The molecule has 8 aromatic carbocycles. The molecule has 0 saturated heterocycles. The molecule has 0 unspecified atom stereocenters. The van der Waals surface area contributed by atoms with Crippen LogP contribution in [0.5, 0.6) is 0 Å². The van der Waals surface area contributed by atoms with Crippen molar-refractivity contribution in [1.29, 1.82) is 0 Å². The van der Waals surface area contributed by atoms with Crippen molar-refractivity contribution < 1.29 is 0 Å². The molecule has 0 atom stereocenters. The van der Waals surface area contributed by atoms with Crippen molar-refractivity contribution in [3.05, 3.63) is 229 Å². The Hall–Kier alpha value is -7.47. The van der Waals surface area contributed by atoms with Gasteiger partial charge in [-0.25, -0.2) is 15.0 Å². The third-order valence-corrected chi connectivity index (χ3v) is 13.2. The fourth-order valence-corrected chi connectivity index (χ4v) is 10.7. The van der Waals surface area contributed by atoms with E-state index in [9.17, 15) is 0 Å². The Kier molecular flexibility index (Phi) is 7.97. The molecule has 0 N–H and O–H groups in total. The molecule has 280 valence electrons. The molecule has 0 amide bonds. The Morgan fingerprint density at radius 1 is 0.333 bits per heavy atom. The monoisotopic (exact) mass is 782 g/mol. The first kappa shape index (κ1) is 34.6. The van der Waals surface area contributed by atoms with E-state index in [2.05, 4.69) is 163 Å². The van der Waals surface area contributed by atoms with E-state index in [0.29, 0.717) is 17.5 Å². The highest BCUT2D eigenvalue weighted by Gasteiger charge is 2.51. The molecule has 1 aliphatic heterocycles. The van der Waals surface area contributed by atoms with Crippen molar-refractivity contribution in [2.45, 2.75) is 15.2 Å². The number of nitrogens with zero attached hydrogens (tertiary/aromatic N) is 4. The van der Waals surface area contributed by atoms with Crippen LogP contribution in [-0.2, 0) is 5.41 Å². The van der Waals surface area contributed by atoms with Crippen molar-refractivity contribution in [3.8, 4) is 67.5 Å². The van der Waals surface area contributed by atoms with E-state index in [1.807, 2.05) is 60.4 Å². The molecule has 0 bridgehead atoms. The Bertz CT molecular complexity index is 3180. The third kappa shape index (κ3) is 5.26. The zero-order valence-electron chi connectivity index (χ0n) is 32.3. The standard InChI is InChI=1S/C55H34N4S/c1-3-15-37(16-4-1)52-57-53(38-17-5-2-6-18-38)59-54(58-52)42-21-12-26-46-51(42)50-40(36-32-30-35(31-33-36)39-19-13-27-47-41(39)22-14-34-56-47)20-11-25-45(50)55(46)43-23-7-9-28-48(43)60-49-29-10-8-24-44(49)55/h1-34H. The molecule has 60 heavy (non-hydrogen) atoms. The average Bonchev–Trinajstić information content (AvgIpc) is 3.63. The second-order valence-electron chi connectivity index (χ2n) is 15.3. The van der Waals surface area contributed by atoms with Gasteiger partial charge >= 0.3 is 0 Å². The van der Waals surface area contributed by atoms with E-state index in [0.717, 1.165) is 49.8 Å². The first-order valence-corrected chi connectivity index (χ1v) is 21.0. The molecule has 5 heteroatoms. The molecule has 0 saturated carbocycles. The Morgan fingerprint density at radius 3 is 1.45 bits per heavy atom. The number of hydrogen-bond acceptors (Lipinski definition) is 5. The van der Waals surface area contributed by atoms with Gasteiger partial charge in [-0.2, -0.15) is 0 Å². The first-order valence-electron chi connectivity index (χ1n) is 20.2.